The molecule has 5 nitrogen and oxygen atoms in total. The maximum absolute atomic E-state index is 11.9. The van der Waals surface area contributed by atoms with Crippen molar-refractivity contribution in [1.29, 1.82) is 0 Å². The average molecular weight is 261 g/mol. The number of rotatable bonds is 5. The Morgan fingerprint density at radius 1 is 1.26 bits per heavy atom. The minimum absolute atomic E-state index is 0.0920. The van der Waals surface area contributed by atoms with E-state index in [9.17, 15) is 9.59 Å². The molecule has 0 saturated heterocycles. The molecule has 2 amide bonds. The third kappa shape index (κ3) is 3.47. The van der Waals surface area contributed by atoms with Crippen molar-refractivity contribution in [2.75, 3.05) is 18.8 Å². The number of carbonyl (C=O) groups excluding carboxylic acids is 2. The second kappa shape index (κ2) is 5.73. The Hall–Kier alpha value is -2.04. The van der Waals surface area contributed by atoms with Crippen LogP contribution in [0.5, 0.6) is 0 Å². The van der Waals surface area contributed by atoms with Crippen LogP contribution >= 0.6 is 0 Å². The van der Waals surface area contributed by atoms with Crippen LogP contribution in [-0.2, 0) is 4.79 Å². The van der Waals surface area contributed by atoms with Gasteiger partial charge in [-0.25, -0.2) is 0 Å². The SMILES string of the molecule is Cc1c(N)cccc1C(=O)NCCNC(=O)C1CC1. The zero-order chi connectivity index (χ0) is 13.8. The van der Waals surface area contributed by atoms with Crippen LogP contribution in [0.2, 0.25) is 0 Å². The lowest BCUT2D eigenvalue weighted by molar-refractivity contribution is -0.122. The lowest BCUT2D eigenvalue weighted by Gasteiger charge is -2.09. The first-order chi connectivity index (χ1) is 9.09. The summed E-state index contributed by atoms with van der Waals surface area (Å²) in [7, 11) is 0. The Balaban J connectivity index is 1.77. The van der Waals surface area contributed by atoms with Crippen molar-refractivity contribution in [2.45, 2.75) is 19.8 Å². The molecule has 1 aromatic rings. The molecule has 0 radical (unpaired) electrons. The maximum Gasteiger partial charge on any atom is 0.251 e. The highest BCUT2D eigenvalue weighted by molar-refractivity contribution is 5.96. The molecule has 0 atom stereocenters. The number of hydrogen-bond donors (Lipinski definition) is 3. The average Bonchev–Trinajstić information content (AvgIpc) is 3.21. The van der Waals surface area contributed by atoms with Crippen molar-refractivity contribution >= 4 is 17.5 Å². The van der Waals surface area contributed by atoms with Crippen LogP contribution in [0.3, 0.4) is 0 Å². The summed E-state index contributed by atoms with van der Waals surface area (Å²) in [6.07, 6.45) is 1.97. The van der Waals surface area contributed by atoms with E-state index in [1.165, 1.54) is 0 Å². The number of hydrogen-bond acceptors (Lipinski definition) is 3. The Morgan fingerprint density at radius 3 is 2.63 bits per heavy atom. The van der Waals surface area contributed by atoms with Crippen molar-refractivity contribution in [2.24, 2.45) is 5.92 Å². The number of nitrogens with two attached hydrogens (primary N) is 1. The van der Waals surface area contributed by atoms with Crippen LogP contribution in [-0.4, -0.2) is 24.9 Å². The first-order valence-electron chi connectivity index (χ1n) is 6.50. The summed E-state index contributed by atoms with van der Waals surface area (Å²) in [6.45, 7) is 2.70. The molecule has 0 bridgehead atoms. The molecular weight excluding hydrogens is 242 g/mol. The van der Waals surface area contributed by atoms with E-state index in [0.29, 0.717) is 24.3 Å². The van der Waals surface area contributed by atoms with Crippen molar-refractivity contribution < 1.29 is 9.59 Å². The zero-order valence-corrected chi connectivity index (χ0v) is 11.0. The molecule has 1 aliphatic rings. The molecule has 19 heavy (non-hydrogen) atoms. The van der Waals surface area contributed by atoms with Gasteiger partial charge in [-0.2, -0.15) is 0 Å². The molecule has 1 aliphatic carbocycles. The summed E-state index contributed by atoms with van der Waals surface area (Å²) < 4.78 is 0. The van der Waals surface area contributed by atoms with Crippen LogP contribution in [0.4, 0.5) is 5.69 Å². The van der Waals surface area contributed by atoms with E-state index in [1.807, 2.05) is 6.92 Å². The van der Waals surface area contributed by atoms with Gasteiger partial charge >= 0.3 is 0 Å². The highest BCUT2D eigenvalue weighted by atomic mass is 16.2. The van der Waals surface area contributed by atoms with Gasteiger partial charge in [-0.15, -0.1) is 0 Å². The fraction of sp³-hybridized carbons (Fsp3) is 0.429. The Kier molecular flexibility index (Phi) is 4.04. The molecule has 1 saturated carbocycles. The second-order valence-electron chi connectivity index (χ2n) is 4.84. The lowest BCUT2D eigenvalue weighted by atomic mass is 10.1. The second-order valence-corrected chi connectivity index (χ2v) is 4.84. The summed E-state index contributed by atoms with van der Waals surface area (Å²) in [5.41, 5.74) is 7.72. The van der Waals surface area contributed by atoms with Crippen LogP contribution in [0.1, 0.15) is 28.8 Å². The summed E-state index contributed by atoms with van der Waals surface area (Å²) >= 11 is 0. The van der Waals surface area contributed by atoms with Crippen LogP contribution in [0.25, 0.3) is 0 Å². The number of nitrogens with one attached hydrogen (secondary N) is 2. The van der Waals surface area contributed by atoms with Gasteiger partial charge in [0.2, 0.25) is 5.91 Å². The lowest BCUT2D eigenvalue weighted by Crippen LogP contribution is -2.35. The van der Waals surface area contributed by atoms with E-state index < -0.39 is 0 Å². The Bertz CT molecular complexity index is 495. The number of benzene rings is 1. The molecule has 0 spiro atoms. The normalized spacial score (nSPS) is 13.9. The summed E-state index contributed by atoms with van der Waals surface area (Å²) in [4.78, 5) is 23.3. The third-order valence-electron chi connectivity index (χ3n) is 3.28. The molecular formula is C14H19N3O2. The minimum atomic E-state index is -0.162. The molecule has 2 rings (SSSR count). The first kappa shape index (κ1) is 13.4. The fourth-order valence-electron chi connectivity index (χ4n) is 1.85. The predicted molar refractivity (Wildman–Crippen MR) is 73.7 cm³/mol. The largest absolute Gasteiger partial charge is 0.398 e. The van der Waals surface area contributed by atoms with Gasteiger partial charge in [-0.05, 0) is 37.5 Å². The van der Waals surface area contributed by atoms with E-state index in [1.54, 1.807) is 18.2 Å². The van der Waals surface area contributed by atoms with Crippen molar-refractivity contribution in [3.8, 4) is 0 Å². The van der Waals surface area contributed by atoms with Gasteiger partial charge < -0.3 is 16.4 Å². The quantitative estimate of drug-likeness (QED) is 0.542. The van der Waals surface area contributed by atoms with Crippen molar-refractivity contribution in [1.82, 2.24) is 10.6 Å². The van der Waals surface area contributed by atoms with Crippen molar-refractivity contribution in [3.05, 3.63) is 29.3 Å². The third-order valence-corrected chi connectivity index (χ3v) is 3.28. The highest BCUT2D eigenvalue weighted by Crippen LogP contribution is 2.28. The highest BCUT2D eigenvalue weighted by Gasteiger charge is 2.28. The molecule has 5 heteroatoms. The van der Waals surface area contributed by atoms with E-state index in [2.05, 4.69) is 10.6 Å². The van der Waals surface area contributed by atoms with E-state index in [-0.39, 0.29) is 17.7 Å². The molecule has 0 aliphatic heterocycles. The Morgan fingerprint density at radius 2 is 1.95 bits per heavy atom. The van der Waals surface area contributed by atoms with E-state index in [4.69, 9.17) is 5.73 Å². The molecule has 0 aromatic heterocycles. The summed E-state index contributed by atoms with van der Waals surface area (Å²) in [5, 5.41) is 5.57. The zero-order valence-electron chi connectivity index (χ0n) is 11.0. The molecule has 4 N–H and O–H groups in total. The van der Waals surface area contributed by atoms with E-state index >= 15 is 0 Å². The number of carbonyl (C=O) groups is 2. The van der Waals surface area contributed by atoms with Gasteiger partial charge in [0.15, 0.2) is 0 Å². The maximum atomic E-state index is 11.9. The van der Waals surface area contributed by atoms with Crippen LogP contribution in [0, 0.1) is 12.8 Å². The van der Waals surface area contributed by atoms with Crippen LogP contribution in [0.15, 0.2) is 18.2 Å². The van der Waals surface area contributed by atoms with Gasteiger partial charge in [-0.3, -0.25) is 9.59 Å². The molecule has 1 aromatic carbocycles. The van der Waals surface area contributed by atoms with Gasteiger partial charge in [0, 0.05) is 30.3 Å². The van der Waals surface area contributed by atoms with Gasteiger partial charge in [-0.1, -0.05) is 6.07 Å². The van der Waals surface area contributed by atoms with Gasteiger partial charge in [0.25, 0.3) is 5.91 Å². The number of amides is 2. The van der Waals surface area contributed by atoms with Crippen molar-refractivity contribution in [3.63, 3.8) is 0 Å². The Labute approximate surface area is 112 Å². The smallest absolute Gasteiger partial charge is 0.251 e. The number of anilines is 1. The molecule has 102 valence electrons. The fourth-order valence-corrected chi connectivity index (χ4v) is 1.85. The molecule has 0 unspecified atom stereocenters. The standard InChI is InChI=1S/C14H19N3O2/c1-9-11(3-2-4-12(9)15)14(19)17-8-7-16-13(18)10-5-6-10/h2-4,10H,5-8,15H2,1H3,(H,16,18)(H,17,19). The first-order valence-corrected chi connectivity index (χ1v) is 6.50. The molecule has 0 heterocycles. The summed E-state index contributed by atoms with van der Waals surface area (Å²) in [5.74, 6) is 0.131. The molecule has 1 fully saturated rings. The van der Waals surface area contributed by atoms with Crippen LogP contribution < -0.4 is 16.4 Å². The monoisotopic (exact) mass is 261 g/mol. The topological polar surface area (TPSA) is 84.2 Å². The number of nitrogen functional groups attached to an aromatic ring is 1. The van der Waals surface area contributed by atoms with E-state index in [0.717, 1.165) is 18.4 Å². The summed E-state index contributed by atoms with van der Waals surface area (Å²) in [6, 6.07) is 5.26. The van der Waals surface area contributed by atoms with Gasteiger partial charge in [0.05, 0.1) is 0 Å². The van der Waals surface area contributed by atoms with Gasteiger partial charge in [0.1, 0.15) is 0 Å². The minimum Gasteiger partial charge on any atom is -0.398 e. The predicted octanol–water partition coefficient (Wildman–Crippen LogP) is 0.833.